The van der Waals surface area contributed by atoms with Crippen LogP contribution in [-0.4, -0.2) is 46.8 Å². The fraction of sp³-hybridized carbons (Fsp3) is 0.444. The number of amides is 1. The minimum Gasteiger partial charge on any atom is -0.494 e. The van der Waals surface area contributed by atoms with Crippen molar-refractivity contribution in [1.82, 2.24) is 14.7 Å². The highest BCUT2D eigenvalue weighted by Gasteiger charge is 2.33. The molecule has 0 atom stereocenters. The second kappa shape index (κ2) is 7.05. The molecule has 1 saturated heterocycles. The third-order valence-electron chi connectivity index (χ3n) is 4.26. The lowest BCUT2D eigenvalue weighted by Gasteiger charge is -2.39. The number of benzene rings is 1. The van der Waals surface area contributed by atoms with Crippen molar-refractivity contribution in [2.24, 2.45) is 5.73 Å². The van der Waals surface area contributed by atoms with Crippen LogP contribution in [-0.2, 0) is 0 Å². The van der Waals surface area contributed by atoms with Gasteiger partial charge in [-0.2, -0.15) is 5.10 Å². The summed E-state index contributed by atoms with van der Waals surface area (Å²) in [6, 6.07) is 9.65. The van der Waals surface area contributed by atoms with Gasteiger partial charge in [0.2, 0.25) is 0 Å². The monoisotopic (exact) mass is 328 g/mol. The van der Waals surface area contributed by atoms with E-state index in [9.17, 15) is 4.79 Å². The van der Waals surface area contributed by atoms with Gasteiger partial charge in [-0.15, -0.1) is 0 Å². The Balaban J connectivity index is 1.55. The zero-order valence-electron chi connectivity index (χ0n) is 14.2. The van der Waals surface area contributed by atoms with E-state index in [0.29, 0.717) is 31.8 Å². The molecule has 1 aromatic heterocycles. The molecule has 1 aliphatic rings. The maximum atomic E-state index is 12.5. The maximum Gasteiger partial charge on any atom is 0.254 e. The number of nitrogens with zero attached hydrogens (tertiary/aromatic N) is 3. The average Bonchev–Trinajstić information content (AvgIpc) is 2.85. The normalized spacial score (nSPS) is 14.5. The van der Waals surface area contributed by atoms with Crippen LogP contribution in [0.5, 0.6) is 5.75 Å². The number of aryl methyl sites for hydroxylation is 2. The molecule has 1 aliphatic heterocycles. The van der Waals surface area contributed by atoms with Crippen molar-refractivity contribution < 1.29 is 9.53 Å². The van der Waals surface area contributed by atoms with Gasteiger partial charge in [0.1, 0.15) is 5.75 Å². The van der Waals surface area contributed by atoms with Crippen molar-refractivity contribution in [3.8, 4) is 5.75 Å². The number of ether oxygens (including phenoxy) is 1. The summed E-state index contributed by atoms with van der Waals surface area (Å²) in [6.45, 7) is 6.66. The molecule has 3 rings (SSSR count). The Kier molecular flexibility index (Phi) is 4.85. The fourth-order valence-electron chi connectivity index (χ4n) is 2.94. The van der Waals surface area contributed by atoms with E-state index in [2.05, 4.69) is 11.2 Å². The van der Waals surface area contributed by atoms with Crippen molar-refractivity contribution in [1.29, 1.82) is 0 Å². The van der Waals surface area contributed by atoms with Crippen molar-refractivity contribution in [2.75, 3.05) is 26.2 Å². The van der Waals surface area contributed by atoms with Crippen LogP contribution in [0, 0.1) is 13.8 Å². The van der Waals surface area contributed by atoms with Crippen molar-refractivity contribution in [3.05, 3.63) is 47.3 Å². The molecule has 0 spiro atoms. The molecule has 0 aliphatic carbocycles. The van der Waals surface area contributed by atoms with Crippen molar-refractivity contribution in [3.63, 3.8) is 0 Å². The van der Waals surface area contributed by atoms with Gasteiger partial charge in [-0.25, -0.2) is 0 Å². The number of nitrogens with two attached hydrogens (primary N) is 1. The van der Waals surface area contributed by atoms with Crippen LogP contribution in [0.15, 0.2) is 30.3 Å². The molecular formula is C18H24N4O2. The molecule has 1 aromatic carbocycles. The number of hydrogen-bond donors (Lipinski definition) is 1. The molecule has 0 radical (unpaired) electrons. The Morgan fingerprint density at radius 3 is 2.58 bits per heavy atom. The molecule has 6 nitrogen and oxygen atoms in total. The first-order valence-corrected chi connectivity index (χ1v) is 8.33. The number of aromatic nitrogens is 2. The number of carbonyl (C=O) groups excluding carboxylic acids is 1. The van der Waals surface area contributed by atoms with E-state index in [1.54, 1.807) is 0 Å². The summed E-state index contributed by atoms with van der Waals surface area (Å²) in [6.07, 6.45) is 0.822. The van der Waals surface area contributed by atoms with Gasteiger partial charge in [-0.3, -0.25) is 9.48 Å². The summed E-state index contributed by atoms with van der Waals surface area (Å²) in [4.78, 5) is 14.4. The first kappa shape index (κ1) is 16.5. The zero-order chi connectivity index (χ0) is 17.1. The zero-order valence-corrected chi connectivity index (χ0v) is 14.2. The smallest absolute Gasteiger partial charge is 0.254 e. The van der Waals surface area contributed by atoms with Crippen LogP contribution in [0.1, 0.15) is 34.2 Å². The van der Waals surface area contributed by atoms with Gasteiger partial charge in [0.15, 0.2) is 0 Å². The van der Waals surface area contributed by atoms with Gasteiger partial charge >= 0.3 is 0 Å². The van der Waals surface area contributed by atoms with E-state index in [1.807, 2.05) is 47.7 Å². The van der Waals surface area contributed by atoms with Crippen LogP contribution >= 0.6 is 0 Å². The molecule has 128 valence electrons. The lowest BCUT2D eigenvalue weighted by Crippen LogP contribution is -2.51. The van der Waals surface area contributed by atoms with Crippen LogP contribution < -0.4 is 10.5 Å². The standard InChI is InChI=1S/C18H24N4O2/c1-13-10-14(2)22(20-13)16-11-21(12-16)18(23)15-4-6-17(7-5-15)24-9-3-8-19/h4-7,10,16H,3,8-9,11-12,19H2,1-2H3. The van der Waals surface area contributed by atoms with Gasteiger partial charge in [0.05, 0.1) is 18.3 Å². The third kappa shape index (κ3) is 3.43. The predicted molar refractivity (Wildman–Crippen MR) is 92.2 cm³/mol. The van der Waals surface area contributed by atoms with E-state index in [1.165, 1.54) is 0 Å². The molecule has 2 N–H and O–H groups in total. The van der Waals surface area contributed by atoms with Gasteiger partial charge in [-0.05, 0) is 57.1 Å². The van der Waals surface area contributed by atoms with Crippen molar-refractivity contribution >= 4 is 5.91 Å². The van der Waals surface area contributed by atoms with Crippen LogP contribution in [0.3, 0.4) is 0 Å². The number of rotatable bonds is 6. The molecule has 0 bridgehead atoms. The summed E-state index contributed by atoms with van der Waals surface area (Å²) in [5.74, 6) is 0.824. The number of hydrogen-bond acceptors (Lipinski definition) is 4. The molecule has 2 aromatic rings. The quantitative estimate of drug-likeness (QED) is 0.822. The summed E-state index contributed by atoms with van der Waals surface area (Å²) in [5.41, 5.74) is 8.29. The van der Waals surface area contributed by atoms with Gasteiger partial charge in [0, 0.05) is 24.3 Å². The summed E-state index contributed by atoms with van der Waals surface area (Å²) in [7, 11) is 0. The predicted octanol–water partition coefficient (Wildman–Crippen LogP) is 1.92. The van der Waals surface area contributed by atoms with E-state index in [4.69, 9.17) is 10.5 Å². The van der Waals surface area contributed by atoms with Gasteiger partial charge < -0.3 is 15.4 Å². The number of carbonyl (C=O) groups is 1. The molecule has 24 heavy (non-hydrogen) atoms. The second-order valence-corrected chi connectivity index (χ2v) is 6.25. The lowest BCUT2D eigenvalue weighted by atomic mass is 10.1. The molecule has 2 heterocycles. The Labute approximate surface area is 142 Å². The minimum atomic E-state index is 0.0567. The van der Waals surface area contributed by atoms with E-state index < -0.39 is 0 Å². The molecular weight excluding hydrogens is 304 g/mol. The van der Waals surface area contributed by atoms with Crippen LogP contribution in [0.25, 0.3) is 0 Å². The first-order chi connectivity index (χ1) is 11.6. The third-order valence-corrected chi connectivity index (χ3v) is 4.26. The highest BCUT2D eigenvalue weighted by molar-refractivity contribution is 5.94. The van der Waals surface area contributed by atoms with Crippen molar-refractivity contribution in [2.45, 2.75) is 26.3 Å². The SMILES string of the molecule is Cc1cc(C)n(C2CN(C(=O)c3ccc(OCCCN)cc3)C2)n1. The van der Waals surface area contributed by atoms with Crippen LogP contribution in [0.2, 0.25) is 0 Å². The second-order valence-electron chi connectivity index (χ2n) is 6.25. The van der Waals surface area contributed by atoms with E-state index >= 15 is 0 Å². The summed E-state index contributed by atoms with van der Waals surface area (Å²) in [5, 5.41) is 4.50. The highest BCUT2D eigenvalue weighted by Crippen LogP contribution is 2.25. The highest BCUT2D eigenvalue weighted by atomic mass is 16.5. The Morgan fingerprint density at radius 1 is 1.29 bits per heavy atom. The van der Waals surface area contributed by atoms with Crippen LogP contribution in [0.4, 0.5) is 0 Å². The van der Waals surface area contributed by atoms with Gasteiger partial charge in [-0.1, -0.05) is 0 Å². The number of likely N-dealkylation sites (tertiary alicyclic amines) is 1. The topological polar surface area (TPSA) is 73.4 Å². The Hall–Kier alpha value is -2.34. The van der Waals surface area contributed by atoms with E-state index in [-0.39, 0.29) is 11.9 Å². The molecule has 1 fully saturated rings. The molecule has 0 unspecified atom stereocenters. The average molecular weight is 328 g/mol. The van der Waals surface area contributed by atoms with E-state index in [0.717, 1.165) is 23.6 Å². The maximum absolute atomic E-state index is 12.5. The molecule has 1 amide bonds. The van der Waals surface area contributed by atoms with Gasteiger partial charge in [0.25, 0.3) is 5.91 Å². The minimum absolute atomic E-state index is 0.0567. The largest absolute Gasteiger partial charge is 0.494 e. The fourth-order valence-corrected chi connectivity index (χ4v) is 2.94. The Bertz CT molecular complexity index is 702. The lowest BCUT2D eigenvalue weighted by molar-refractivity contribution is 0.0497. The Morgan fingerprint density at radius 2 is 2.00 bits per heavy atom. The molecule has 6 heteroatoms. The summed E-state index contributed by atoms with van der Waals surface area (Å²) < 4.78 is 7.58. The summed E-state index contributed by atoms with van der Waals surface area (Å²) >= 11 is 0. The molecule has 0 saturated carbocycles. The first-order valence-electron chi connectivity index (χ1n) is 8.33.